The van der Waals surface area contributed by atoms with Crippen molar-refractivity contribution in [2.45, 2.75) is 32.2 Å². The second-order valence-electron chi connectivity index (χ2n) is 9.85. The number of hydrogen-bond acceptors (Lipinski definition) is 6. The Bertz CT molecular complexity index is 1390. The predicted molar refractivity (Wildman–Crippen MR) is 151 cm³/mol. The number of amides is 1. The number of para-hydroxylation sites is 1. The number of allylic oxidation sites excluding steroid dienone is 1. The molecule has 41 heavy (non-hydrogen) atoms. The lowest BCUT2D eigenvalue weighted by molar-refractivity contribution is -0.157. The molecule has 1 aliphatic rings. The van der Waals surface area contributed by atoms with Crippen LogP contribution in [0.2, 0.25) is 0 Å². The van der Waals surface area contributed by atoms with Crippen LogP contribution in [-0.4, -0.2) is 35.7 Å². The molecule has 0 radical (unpaired) electrons. The average Bonchev–Trinajstić information content (AvgIpc) is 2.94. The normalized spacial score (nSPS) is 17.4. The standard InChI is InChI=1S/C31H31F3N4O3/c1-38(29(39)23-16-24(17-23)30(40)41-20-22-8-4-2-5-9-22)19-21-12-14-26(15-13-21)36-27(18-35)28(31(32,33)34)37-25-10-6-3-7-11-25/h2-15,18,23-24,36H,16-17,19-20,35H2,1H3/b27-18+,37-28?. The first kappa shape index (κ1) is 29.4. The van der Waals surface area contributed by atoms with E-state index >= 15 is 0 Å². The summed E-state index contributed by atoms with van der Waals surface area (Å²) in [6.45, 7) is 0.515. The summed E-state index contributed by atoms with van der Waals surface area (Å²) in [5, 5.41) is 2.69. The summed E-state index contributed by atoms with van der Waals surface area (Å²) in [5.74, 6) is -0.906. The molecule has 1 amide bonds. The van der Waals surface area contributed by atoms with Gasteiger partial charge in [0.05, 0.1) is 17.3 Å². The van der Waals surface area contributed by atoms with Crippen LogP contribution in [0.5, 0.6) is 0 Å². The highest BCUT2D eigenvalue weighted by molar-refractivity contribution is 6.07. The minimum absolute atomic E-state index is 0.0698. The van der Waals surface area contributed by atoms with Crippen LogP contribution in [0, 0.1) is 11.8 Å². The molecule has 1 aliphatic carbocycles. The number of anilines is 1. The number of alkyl halides is 3. The summed E-state index contributed by atoms with van der Waals surface area (Å²) in [4.78, 5) is 30.5. The van der Waals surface area contributed by atoms with Crippen molar-refractivity contribution in [2.24, 2.45) is 22.6 Å². The van der Waals surface area contributed by atoms with Crippen LogP contribution in [0.25, 0.3) is 0 Å². The van der Waals surface area contributed by atoms with E-state index in [1.165, 1.54) is 12.1 Å². The van der Waals surface area contributed by atoms with Gasteiger partial charge in [-0.2, -0.15) is 13.2 Å². The monoisotopic (exact) mass is 564 g/mol. The van der Waals surface area contributed by atoms with Crippen molar-refractivity contribution in [3.8, 4) is 0 Å². The number of ether oxygens (including phenoxy) is 1. The summed E-state index contributed by atoms with van der Waals surface area (Å²) < 4.78 is 46.7. The molecule has 0 aromatic heterocycles. The SMILES string of the molecule is CN(Cc1ccc(N/C(=C/N)C(=Nc2ccccc2)C(F)(F)F)cc1)C(=O)C1CC(C(=O)OCc2ccccc2)C1. The highest BCUT2D eigenvalue weighted by Gasteiger charge is 2.41. The van der Waals surface area contributed by atoms with Crippen LogP contribution in [0.1, 0.15) is 24.0 Å². The number of rotatable bonds is 10. The van der Waals surface area contributed by atoms with Crippen molar-refractivity contribution in [3.05, 3.63) is 108 Å². The lowest BCUT2D eigenvalue weighted by Crippen LogP contribution is -2.42. The van der Waals surface area contributed by atoms with E-state index < -0.39 is 11.9 Å². The number of nitrogens with one attached hydrogen (secondary N) is 1. The largest absolute Gasteiger partial charge is 0.461 e. The zero-order valence-corrected chi connectivity index (χ0v) is 22.5. The zero-order valence-electron chi connectivity index (χ0n) is 22.5. The number of nitrogens with two attached hydrogens (primary N) is 1. The first-order valence-electron chi connectivity index (χ1n) is 13.1. The van der Waals surface area contributed by atoms with E-state index in [0.29, 0.717) is 25.1 Å². The lowest BCUT2D eigenvalue weighted by Gasteiger charge is -2.35. The molecule has 3 aromatic rings. The number of esters is 1. The fraction of sp³-hybridized carbons (Fsp3) is 0.258. The number of hydrogen-bond donors (Lipinski definition) is 2. The average molecular weight is 565 g/mol. The van der Waals surface area contributed by atoms with Crippen LogP contribution in [-0.2, 0) is 27.5 Å². The van der Waals surface area contributed by atoms with E-state index in [2.05, 4.69) is 10.3 Å². The highest BCUT2D eigenvalue weighted by atomic mass is 19.4. The van der Waals surface area contributed by atoms with Crippen molar-refractivity contribution >= 4 is 29.0 Å². The Kier molecular flexibility index (Phi) is 9.44. The van der Waals surface area contributed by atoms with Crippen LogP contribution >= 0.6 is 0 Å². The van der Waals surface area contributed by atoms with Crippen LogP contribution in [0.15, 0.2) is 102 Å². The molecule has 0 heterocycles. The van der Waals surface area contributed by atoms with Crippen LogP contribution in [0.3, 0.4) is 0 Å². The fourth-order valence-electron chi connectivity index (χ4n) is 4.46. The predicted octanol–water partition coefficient (Wildman–Crippen LogP) is 5.96. The molecule has 0 aliphatic heterocycles. The molecule has 10 heteroatoms. The number of nitrogens with zero attached hydrogens (tertiary/aromatic N) is 2. The summed E-state index contributed by atoms with van der Waals surface area (Å²) in [6, 6.07) is 23.9. The number of halogens is 3. The second-order valence-corrected chi connectivity index (χ2v) is 9.85. The van der Waals surface area contributed by atoms with E-state index in [0.717, 1.165) is 17.3 Å². The topological polar surface area (TPSA) is 97.0 Å². The highest BCUT2D eigenvalue weighted by Crippen LogP contribution is 2.36. The zero-order chi connectivity index (χ0) is 29.4. The molecule has 4 rings (SSSR count). The van der Waals surface area contributed by atoms with E-state index in [-0.39, 0.29) is 41.7 Å². The Morgan fingerprint density at radius 3 is 2.15 bits per heavy atom. The number of carbonyl (C=O) groups excluding carboxylic acids is 2. The van der Waals surface area contributed by atoms with Crippen molar-refractivity contribution in [3.63, 3.8) is 0 Å². The number of benzene rings is 3. The molecule has 0 atom stereocenters. The number of carbonyl (C=O) groups is 2. The van der Waals surface area contributed by atoms with Gasteiger partial charge in [-0.15, -0.1) is 0 Å². The first-order valence-corrected chi connectivity index (χ1v) is 13.1. The molecule has 0 unspecified atom stereocenters. The van der Waals surface area contributed by atoms with Gasteiger partial charge < -0.3 is 20.7 Å². The van der Waals surface area contributed by atoms with Crippen molar-refractivity contribution in [2.75, 3.05) is 12.4 Å². The van der Waals surface area contributed by atoms with Gasteiger partial charge in [-0.25, -0.2) is 4.99 Å². The second kappa shape index (κ2) is 13.2. The fourth-order valence-corrected chi connectivity index (χ4v) is 4.46. The van der Waals surface area contributed by atoms with Gasteiger partial charge in [0.25, 0.3) is 0 Å². The van der Waals surface area contributed by atoms with Crippen LogP contribution < -0.4 is 11.1 Å². The van der Waals surface area contributed by atoms with E-state index in [1.54, 1.807) is 54.4 Å². The summed E-state index contributed by atoms with van der Waals surface area (Å²) in [7, 11) is 1.68. The maximum Gasteiger partial charge on any atom is 0.435 e. The van der Waals surface area contributed by atoms with Gasteiger partial charge in [-0.05, 0) is 48.2 Å². The third-order valence-corrected chi connectivity index (χ3v) is 6.76. The third kappa shape index (κ3) is 7.97. The van der Waals surface area contributed by atoms with E-state index in [4.69, 9.17) is 10.5 Å². The minimum Gasteiger partial charge on any atom is -0.461 e. The van der Waals surface area contributed by atoms with Gasteiger partial charge >= 0.3 is 12.1 Å². The molecular formula is C31H31F3N4O3. The van der Waals surface area contributed by atoms with Crippen molar-refractivity contribution in [1.82, 2.24) is 4.90 Å². The van der Waals surface area contributed by atoms with Crippen LogP contribution in [0.4, 0.5) is 24.5 Å². The summed E-state index contributed by atoms with van der Waals surface area (Å²) in [6.07, 6.45) is -3.02. The molecule has 0 saturated heterocycles. The van der Waals surface area contributed by atoms with E-state index in [1.807, 2.05) is 30.3 Å². The molecule has 7 nitrogen and oxygen atoms in total. The maximum absolute atomic E-state index is 13.8. The summed E-state index contributed by atoms with van der Waals surface area (Å²) >= 11 is 0. The Hall–Kier alpha value is -4.60. The molecule has 214 valence electrons. The molecular weight excluding hydrogens is 533 g/mol. The van der Waals surface area contributed by atoms with Gasteiger partial charge in [0.1, 0.15) is 6.61 Å². The third-order valence-electron chi connectivity index (χ3n) is 6.76. The minimum atomic E-state index is -4.74. The Morgan fingerprint density at radius 2 is 1.56 bits per heavy atom. The lowest BCUT2D eigenvalue weighted by atomic mass is 9.74. The first-order chi connectivity index (χ1) is 19.6. The Balaban J connectivity index is 1.29. The van der Waals surface area contributed by atoms with Gasteiger partial charge in [0.2, 0.25) is 5.91 Å². The van der Waals surface area contributed by atoms with Gasteiger partial charge in [-0.3, -0.25) is 9.59 Å². The quantitative estimate of drug-likeness (QED) is 0.234. The Morgan fingerprint density at radius 1 is 0.951 bits per heavy atom. The molecule has 3 aromatic carbocycles. The molecule has 1 saturated carbocycles. The van der Waals surface area contributed by atoms with E-state index in [9.17, 15) is 22.8 Å². The number of aliphatic imine (C=N–C) groups is 1. The van der Waals surface area contributed by atoms with Crippen molar-refractivity contribution < 1.29 is 27.5 Å². The van der Waals surface area contributed by atoms with Crippen molar-refractivity contribution in [1.29, 1.82) is 0 Å². The summed E-state index contributed by atoms with van der Waals surface area (Å²) in [5.41, 5.74) is 6.22. The smallest absolute Gasteiger partial charge is 0.435 e. The van der Waals surface area contributed by atoms with Gasteiger partial charge in [0, 0.05) is 31.4 Å². The molecule has 0 bridgehead atoms. The Labute approximate surface area is 236 Å². The van der Waals surface area contributed by atoms with Gasteiger partial charge in [-0.1, -0.05) is 60.7 Å². The van der Waals surface area contributed by atoms with Gasteiger partial charge in [0.15, 0.2) is 5.71 Å². The molecule has 0 spiro atoms. The molecule has 1 fully saturated rings. The maximum atomic E-state index is 13.8. The molecule has 3 N–H and O–H groups in total.